The molecule has 0 saturated carbocycles. The van der Waals surface area contributed by atoms with Crippen molar-refractivity contribution in [3.63, 3.8) is 0 Å². The molecule has 0 aliphatic carbocycles. The van der Waals surface area contributed by atoms with Crippen LogP contribution in [-0.4, -0.2) is 64.6 Å². The Morgan fingerprint density at radius 1 is 1.36 bits per heavy atom. The molecule has 0 radical (unpaired) electrons. The second-order valence-electron chi connectivity index (χ2n) is 5.83. The zero-order chi connectivity index (χ0) is 15.7. The van der Waals surface area contributed by atoms with Crippen molar-refractivity contribution in [1.82, 2.24) is 14.8 Å². The van der Waals surface area contributed by atoms with Crippen molar-refractivity contribution in [3.05, 3.63) is 35.8 Å². The summed E-state index contributed by atoms with van der Waals surface area (Å²) in [6, 6.07) is 6.35. The van der Waals surface area contributed by atoms with Gasteiger partial charge in [-0.05, 0) is 25.1 Å². The molecule has 1 unspecified atom stereocenters. The maximum atomic E-state index is 13.7. The molecular formula is C16H20FN3O2. The lowest BCUT2D eigenvalue weighted by Gasteiger charge is -2.35. The van der Waals surface area contributed by atoms with Crippen LogP contribution in [0, 0.1) is 5.82 Å². The lowest BCUT2D eigenvalue weighted by atomic mass is 10.2. The normalized spacial score (nSPS) is 17.9. The van der Waals surface area contributed by atoms with Gasteiger partial charge in [0.05, 0.1) is 6.10 Å². The molecule has 1 aromatic heterocycles. The van der Waals surface area contributed by atoms with E-state index >= 15 is 0 Å². The first-order valence-corrected chi connectivity index (χ1v) is 7.51. The van der Waals surface area contributed by atoms with Gasteiger partial charge < -0.3 is 15.0 Å². The number of carbonyl (C=O) groups is 1. The summed E-state index contributed by atoms with van der Waals surface area (Å²) in [7, 11) is 0. The van der Waals surface area contributed by atoms with Crippen molar-refractivity contribution >= 4 is 16.8 Å². The van der Waals surface area contributed by atoms with Crippen LogP contribution in [0.3, 0.4) is 0 Å². The highest BCUT2D eigenvalue weighted by atomic mass is 19.1. The number of aromatic nitrogens is 1. The van der Waals surface area contributed by atoms with E-state index in [1.165, 1.54) is 6.07 Å². The summed E-state index contributed by atoms with van der Waals surface area (Å²) in [5.41, 5.74) is 1.06. The molecule has 1 saturated heterocycles. The van der Waals surface area contributed by atoms with E-state index in [-0.39, 0.29) is 17.8 Å². The molecule has 1 amide bonds. The first-order valence-electron chi connectivity index (χ1n) is 7.51. The number of aliphatic hydroxyl groups is 1. The summed E-state index contributed by atoms with van der Waals surface area (Å²) in [6.45, 7) is 5.10. The van der Waals surface area contributed by atoms with Gasteiger partial charge in [-0.1, -0.05) is 6.07 Å². The van der Waals surface area contributed by atoms with E-state index in [4.69, 9.17) is 0 Å². The van der Waals surface area contributed by atoms with Crippen LogP contribution in [0.25, 0.3) is 10.9 Å². The number of aromatic amines is 1. The minimum Gasteiger partial charge on any atom is -0.392 e. The standard InChI is InChI=1S/C16H20FN3O2/c1-11(21)10-19-5-7-20(8-6-19)16(22)15-9-12-13(17)3-2-4-14(12)18-15/h2-4,9,11,18,21H,5-8,10H2,1H3. The number of piperazine rings is 1. The molecule has 1 aliphatic heterocycles. The Morgan fingerprint density at radius 3 is 2.73 bits per heavy atom. The predicted octanol–water partition coefficient (Wildman–Crippen LogP) is 1.45. The fourth-order valence-electron chi connectivity index (χ4n) is 2.91. The van der Waals surface area contributed by atoms with Crippen LogP contribution in [0.15, 0.2) is 24.3 Å². The SMILES string of the molecule is CC(O)CN1CCN(C(=O)c2cc3c(F)cccc3[nH]2)CC1. The second kappa shape index (κ2) is 6.06. The Labute approximate surface area is 128 Å². The van der Waals surface area contributed by atoms with Crippen LogP contribution >= 0.6 is 0 Å². The van der Waals surface area contributed by atoms with Crippen molar-refractivity contribution in [2.24, 2.45) is 0 Å². The van der Waals surface area contributed by atoms with Crippen LogP contribution in [-0.2, 0) is 0 Å². The number of nitrogens with one attached hydrogen (secondary N) is 1. The number of nitrogens with zero attached hydrogens (tertiary/aromatic N) is 2. The van der Waals surface area contributed by atoms with Crippen molar-refractivity contribution in [3.8, 4) is 0 Å². The number of hydrogen-bond donors (Lipinski definition) is 2. The number of benzene rings is 1. The van der Waals surface area contributed by atoms with E-state index in [0.29, 0.717) is 36.2 Å². The number of rotatable bonds is 3. The van der Waals surface area contributed by atoms with E-state index in [1.807, 2.05) is 0 Å². The van der Waals surface area contributed by atoms with Gasteiger partial charge in [0.2, 0.25) is 0 Å². The quantitative estimate of drug-likeness (QED) is 0.902. The average Bonchev–Trinajstić information content (AvgIpc) is 2.92. The van der Waals surface area contributed by atoms with Crippen LogP contribution in [0.5, 0.6) is 0 Å². The summed E-state index contributed by atoms with van der Waals surface area (Å²) < 4.78 is 13.7. The smallest absolute Gasteiger partial charge is 0.270 e. The molecule has 3 rings (SSSR count). The highest BCUT2D eigenvalue weighted by Gasteiger charge is 2.24. The largest absolute Gasteiger partial charge is 0.392 e. The Bertz CT molecular complexity index is 675. The number of carbonyl (C=O) groups excluding carboxylic acids is 1. The van der Waals surface area contributed by atoms with Crippen LogP contribution in [0.4, 0.5) is 4.39 Å². The topological polar surface area (TPSA) is 59.6 Å². The summed E-state index contributed by atoms with van der Waals surface area (Å²) in [5, 5.41) is 9.84. The molecule has 118 valence electrons. The molecule has 2 aromatic rings. The first-order chi connectivity index (χ1) is 10.5. The number of aliphatic hydroxyl groups excluding tert-OH is 1. The van der Waals surface area contributed by atoms with Gasteiger partial charge in [0.1, 0.15) is 11.5 Å². The van der Waals surface area contributed by atoms with Crippen molar-refractivity contribution in [2.75, 3.05) is 32.7 Å². The lowest BCUT2D eigenvalue weighted by Crippen LogP contribution is -2.50. The van der Waals surface area contributed by atoms with Gasteiger partial charge >= 0.3 is 0 Å². The highest BCUT2D eigenvalue weighted by molar-refractivity contribution is 5.98. The summed E-state index contributed by atoms with van der Waals surface area (Å²) >= 11 is 0. The van der Waals surface area contributed by atoms with E-state index in [9.17, 15) is 14.3 Å². The Morgan fingerprint density at radius 2 is 2.09 bits per heavy atom. The monoisotopic (exact) mass is 305 g/mol. The fraction of sp³-hybridized carbons (Fsp3) is 0.438. The van der Waals surface area contributed by atoms with Crippen molar-refractivity contribution in [2.45, 2.75) is 13.0 Å². The number of fused-ring (bicyclic) bond motifs is 1. The number of H-pyrrole nitrogens is 1. The van der Waals surface area contributed by atoms with Crippen LogP contribution in [0.1, 0.15) is 17.4 Å². The molecule has 2 heterocycles. The number of β-amino-alcohol motifs (C(OH)–C–C–N with tert-alkyl or cyclic N) is 1. The molecular weight excluding hydrogens is 285 g/mol. The average molecular weight is 305 g/mol. The molecule has 0 bridgehead atoms. The van der Waals surface area contributed by atoms with Gasteiger partial charge in [-0.15, -0.1) is 0 Å². The molecule has 1 aliphatic rings. The maximum absolute atomic E-state index is 13.7. The molecule has 1 aromatic carbocycles. The summed E-state index contributed by atoms with van der Waals surface area (Å²) in [5.74, 6) is -0.429. The summed E-state index contributed by atoms with van der Waals surface area (Å²) in [6.07, 6.45) is -0.362. The lowest BCUT2D eigenvalue weighted by molar-refractivity contribution is 0.0550. The van der Waals surface area contributed by atoms with Gasteiger partial charge in [-0.25, -0.2) is 4.39 Å². The minimum atomic E-state index is -0.362. The highest BCUT2D eigenvalue weighted by Crippen LogP contribution is 2.20. The number of amides is 1. The zero-order valence-corrected chi connectivity index (χ0v) is 12.6. The Kier molecular flexibility index (Phi) is 4.13. The third-order valence-corrected chi connectivity index (χ3v) is 4.02. The molecule has 0 spiro atoms. The first kappa shape index (κ1) is 15.0. The number of hydrogen-bond acceptors (Lipinski definition) is 3. The molecule has 1 fully saturated rings. The third-order valence-electron chi connectivity index (χ3n) is 4.02. The van der Waals surface area contributed by atoms with Gasteiger partial charge in [0, 0.05) is 43.6 Å². The third kappa shape index (κ3) is 2.98. The maximum Gasteiger partial charge on any atom is 0.270 e. The van der Waals surface area contributed by atoms with E-state index in [2.05, 4.69) is 9.88 Å². The van der Waals surface area contributed by atoms with Gasteiger partial charge in [0.15, 0.2) is 0 Å². The van der Waals surface area contributed by atoms with E-state index in [0.717, 1.165) is 13.1 Å². The molecule has 5 nitrogen and oxygen atoms in total. The summed E-state index contributed by atoms with van der Waals surface area (Å²) in [4.78, 5) is 19.4. The van der Waals surface area contributed by atoms with Gasteiger partial charge in [0.25, 0.3) is 5.91 Å². The second-order valence-corrected chi connectivity index (χ2v) is 5.83. The Balaban J connectivity index is 1.70. The van der Waals surface area contributed by atoms with Crippen molar-refractivity contribution in [1.29, 1.82) is 0 Å². The van der Waals surface area contributed by atoms with Crippen LogP contribution in [0.2, 0.25) is 0 Å². The van der Waals surface area contributed by atoms with E-state index in [1.54, 1.807) is 30.0 Å². The van der Waals surface area contributed by atoms with Gasteiger partial charge in [-0.2, -0.15) is 0 Å². The molecule has 22 heavy (non-hydrogen) atoms. The fourth-order valence-corrected chi connectivity index (χ4v) is 2.91. The molecule has 1 atom stereocenters. The van der Waals surface area contributed by atoms with E-state index < -0.39 is 0 Å². The Hall–Kier alpha value is -1.92. The van der Waals surface area contributed by atoms with Crippen molar-refractivity contribution < 1.29 is 14.3 Å². The minimum absolute atomic E-state index is 0.104. The molecule has 2 N–H and O–H groups in total. The molecule has 6 heteroatoms. The predicted molar refractivity (Wildman–Crippen MR) is 82.3 cm³/mol. The zero-order valence-electron chi connectivity index (χ0n) is 12.6. The number of halogens is 1. The van der Waals surface area contributed by atoms with Gasteiger partial charge in [-0.3, -0.25) is 9.69 Å². The van der Waals surface area contributed by atoms with Crippen LogP contribution < -0.4 is 0 Å².